The highest BCUT2D eigenvalue weighted by molar-refractivity contribution is 7.51. The summed E-state index contributed by atoms with van der Waals surface area (Å²) in [6.45, 7) is 3.64. The molecule has 0 aromatic heterocycles. The van der Waals surface area contributed by atoms with Crippen LogP contribution in [0.2, 0.25) is 0 Å². The van der Waals surface area contributed by atoms with E-state index in [0.29, 0.717) is 13.0 Å². The normalized spacial score (nSPS) is 14.4. The van der Waals surface area contributed by atoms with Crippen molar-refractivity contribution < 1.29 is 24.3 Å². The summed E-state index contributed by atoms with van der Waals surface area (Å²) >= 11 is 0. The summed E-state index contributed by atoms with van der Waals surface area (Å²) in [6.07, 6.45) is -0.183. The Kier molecular flexibility index (Phi) is 5.29. The minimum atomic E-state index is -4.18. The molecular weight excluding hydrogens is 209 g/mol. The van der Waals surface area contributed by atoms with E-state index in [-0.39, 0.29) is 0 Å². The highest BCUT2D eigenvalue weighted by Gasteiger charge is 2.27. The van der Waals surface area contributed by atoms with Crippen LogP contribution in [0.5, 0.6) is 0 Å². The second-order valence-electron chi connectivity index (χ2n) is 2.97. The molecule has 6 nitrogen and oxygen atoms in total. The molecule has 0 rings (SSSR count). The Bertz CT molecular complexity index is 238. The number of carbonyl (C=O) groups is 1. The summed E-state index contributed by atoms with van der Waals surface area (Å²) in [5.74, 6) is -1.05. The molecule has 0 aliphatic carbocycles. The number of hydrogen-bond acceptors (Lipinski definition) is 3. The zero-order chi connectivity index (χ0) is 11.4. The number of carboxylic acid groups (broad SMARTS) is 1. The average Bonchev–Trinajstić information content (AvgIpc) is 2.00. The molecule has 3 N–H and O–H groups in total. The third-order valence-corrected chi connectivity index (χ3v) is 2.62. The summed E-state index contributed by atoms with van der Waals surface area (Å²) in [5.41, 5.74) is 0. The first-order chi connectivity index (χ1) is 6.31. The summed E-state index contributed by atoms with van der Waals surface area (Å²) in [4.78, 5) is 29.4. The van der Waals surface area contributed by atoms with Crippen LogP contribution in [0.3, 0.4) is 0 Å². The Labute approximate surface area is 82.7 Å². The van der Waals surface area contributed by atoms with Gasteiger partial charge in [-0.1, -0.05) is 13.8 Å². The molecular formula is C7H16NO5P. The minimum Gasteiger partial charge on any atom is -0.480 e. The van der Waals surface area contributed by atoms with E-state index in [1.54, 1.807) is 13.8 Å². The smallest absolute Gasteiger partial charge is 0.339 e. The maximum absolute atomic E-state index is 10.7. The molecule has 0 saturated carbocycles. The summed E-state index contributed by atoms with van der Waals surface area (Å²) in [7, 11) is -4.18. The van der Waals surface area contributed by atoms with Crippen LogP contribution in [0.4, 0.5) is 0 Å². The van der Waals surface area contributed by atoms with Crippen molar-refractivity contribution in [2.24, 2.45) is 0 Å². The number of carboxylic acids is 1. The lowest BCUT2D eigenvalue weighted by molar-refractivity contribution is -0.143. The third kappa shape index (κ3) is 4.72. The van der Waals surface area contributed by atoms with E-state index in [1.807, 2.05) is 0 Å². The molecule has 1 unspecified atom stereocenters. The predicted octanol–water partition coefficient (Wildman–Crippen LogP) is 0.307. The van der Waals surface area contributed by atoms with Gasteiger partial charge in [-0.15, -0.1) is 0 Å². The Balaban J connectivity index is 4.53. The highest BCUT2D eigenvalue weighted by atomic mass is 31.2. The van der Waals surface area contributed by atoms with Crippen LogP contribution in [0.1, 0.15) is 20.3 Å². The molecule has 0 aliphatic rings. The van der Waals surface area contributed by atoms with E-state index in [4.69, 9.17) is 14.9 Å². The van der Waals surface area contributed by atoms with Gasteiger partial charge in [0.25, 0.3) is 0 Å². The lowest BCUT2D eigenvalue weighted by atomic mass is 10.2. The van der Waals surface area contributed by atoms with Gasteiger partial charge in [0.05, 0.1) is 0 Å². The van der Waals surface area contributed by atoms with Gasteiger partial charge in [-0.05, 0) is 13.0 Å². The first kappa shape index (κ1) is 13.6. The molecule has 0 aliphatic heterocycles. The van der Waals surface area contributed by atoms with E-state index in [2.05, 4.69) is 0 Å². The minimum absolute atomic E-state index is 0.302. The SMILES string of the molecule is CCC(C(=O)O)N(CC)CP(=O)(O)O. The molecule has 0 spiro atoms. The van der Waals surface area contributed by atoms with Crippen LogP contribution in [-0.4, -0.2) is 44.6 Å². The van der Waals surface area contributed by atoms with Crippen LogP contribution in [-0.2, 0) is 9.36 Å². The molecule has 14 heavy (non-hydrogen) atoms. The molecule has 0 fully saturated rings. The fourth-order valence-corrected chi connectivity index (χ4v) is 2.11. The molecule has 84 valence electrons. The van der Waals surface area contributed by atoms with Crippen LogP contribution >= 0.6 is 7.60 Å². The third-order valence-electron chi connectivity index (χ3n) is 1.88. The van der Waals surface area contributed by atoms with Crippen LogP contribution < -0.4 is 0 Å². The average molecular weight is 225 g/mol. The Morgan fingerprint density at radius 2 is 1.93 bits per heavy atom. The first-order valence-corrected chi connectivity index (χ1v) is 6.13. The molecule has 0 bridgehead atoms. The largest absolute Gasteiger partial charge is 0.480 e. The van der Waals surface area contributed by atoms with Crippen molar-refractivity contribution in [1.29, 1.82) is 0 Å². The number of aliphatic carboxylic acids is 1. The lowest BCUT2D eigenvalue weighted by Gasteiger charge is -2.26. The molecule has 1 atom stereocenters. The fourth-order valence-electron chi connectivity index (χ4n) is 1.24. The Morgan fingerprint density at radius 3 is 2.14 bits per heavy atom. The Morgan fingerprint density at radius 1 is 1.43 bits per heavy atom. The van der Waals surface area contributed by atoms with Crippen LogP contribution in [0.25, 0.3) is 0 Å². The van der Waals surface area contributed by atoms with E-state index < -0.39 is 25.9 Å². The van der Waals surface area contributed by atoms with Gasteiger partial charge in [-0.3, -0.25) is 14.3 Å². The maximum Gasteiger partial charge on any atom is 0.339 e. The van der Waals surface area contributed by atoms with E-state index in [9.17, 15) is 9.36 Å². The van der Waals surface area contributed by atoms with Crippen molar-refractivity contribution in [1.82, 2.24) is 4.90 Å². The molecule has 0 heterocycles. The van der Waals surface area contributed by atoms with Crippen molar-refractivity contribution in [3.63, 3.8) is 0 Å². The second kappa shape index (κ2) is 5.46. The molecule has 0 aromatic rings. The van der Waals surface area contributed by atoms with Crippen molar-refractivity contribution in [3.05, 3.63) is 0 Å². The van der Waals surface area contributed by atoms with Gasteiger partial charge in [0.1, 0.15) is 12.3 Å². The Hall–Kier alpha value is -0.420. The highest BCUT2D eigenvalue weighted by Crippen LogP contribution is 2.35. The summed E-state index contributed by atoms with van der Waals surface area (Å²) in [5, 5.41) is 8.78. The standard InChI is InChI=1S/C7H16NO5P/c1-3-6(7(9)10)8(4-2)5-14(11,12)13/h6H,3-5H2,1-2H3,(H,9,10)(H2,11,12,13). The molecule has 7 heteroatoms. The zero-order valence-corrected chi connectivity index (χ0v) is 9.15. The van der Waals surface area contributed by atoms with E-state index in [0.717, 1.165) is 0 Å². The summed E-state index contributed by atoms with van der Waals surface area (Å²) in [6, 6.07) is -0.826. The molecule has 0 saturated heterocycles. The fraction of sp³-hybridized carbons (Fsp3) is 0.857. The van der Waals surface area contributed by atoms with Crippen LogP contribution in [0, 0.1) is 0 Å². The van der Waals surface area contributed by atoms with E-state index >= 15 is 0 Å². The van der Waals surface area contributed by atoms with Crippen molar-refractivity contribution >= 4 is 13.6 Å². The van der Waals surface area contributed by atoms with Gasteiger partial charge in [-0.25, -0.2) is 0 Å². The van der Waals surface area contributed by atoms with Crippen LogP contribution in [0.15, 0.2) is 0 Å². The van der Waals surface area contributed by atoms with Gasteiger partial charge in [0, 0.05) is 0 Å². The zero-order valence-electron chi connectivity index (χ0n) is 8.25. The molecule has 0 amide bonds. The molecule has 0 radical (unpaired) electrons. The van der Waals surface area contributed by atoms with Gasteiger partial charge < -0.3 is 14.9 Å². The maximum atomic E-state index is 10.7. The number of rotatable bonds is 6. The number of likely N-dealkylation sites (N-methyl/N-ethyl adjacent to an activating group) is 1. The summed E-state index contributed by atoms with van der Waals surface area (Å²) < 4.78 is 10.7. The van der Waals surface area contributed by atoms with Gasteiger partial charge >= 0.3 is 13.6 Å². The number of hydrogen-bond donors (Lipinski definition) is 3. The monoisotopic (exact) mass is 225 g/mol. The van der Waals surface area contributed by atoms with Gasteiger partial charge in [0.15, 0.2) is 0 Å². The number of nitrogens with zero attached hydrogens (tertiary/aromatic N) is 1. The topological polar surface area (TPSA) is 98.1 Å². The van der Waals surface area contributed by atoms with Crippen molar-refractivity contribution in [2.75, 3.05) is 12.8 Å². The lowest BCUT2D eigenvalue weighted by Crippen LogP contribution is -2.41. The van der Waals surface area contributed by atoms with Crippen molar-refractivity contribution in [2.45, 2.75) is 26.3 Å². The second-order valence-corrected chi connectivity index (χ2v) is 4.59. The van der Waals surface area contributed by atoms with Gasteiger partial charge in [0.2, 0.25) is 0 Å². The predicted molar refractivity (Wildman–Crippen MR) is 51.0 cm³/mol. The van der Waals surface area contributed by atoms with Gasteiger partial charge in [-0.2, -0.15) is 0 Å². The van der Waals surface area contributed by atoms with Crippen molar-refractivity contribution in [3.8, 4) is 0 Å². The quantitative estimate of drug-likeness (QED) is 0.562. The first-order valence-electron chi connectivity index (χ1n) is 4.33. The van der Waals surface area contributed by atoms with E-state index in [1.165, 1.54) is 4.90 Å². The molecule has 0 aromatic carbocycles.